The first kappa shape index (κ1) is 15.7. The van der Waals surface area contributed by atoms with Crippen LogP contribution in [0.1, 0.15) is 28.0 Å². The molecule has 2 N–H and O–H groups in total. The Balaban J connectivity index is 1.60. The van der Waals surface area contributed by atoms with Crippen molar-refractivity contribution in [2.75, 3.05) is 6.54 Å². The van der Waals surface area contributed by atoms with Crippen molar-refractivity contribution in [2.45, 2.75) is 19.0 Å². The van der Waals surface area contributed by atoms with Crippen molar-refractivity contribution < 1.29 is 14.0 Å². The first-order valence-corrected chi connectivity index (χ1v) is 7.49. The largest absolute Gasteiger partial charge is 0.352 e. The molecule has 1 aliphatic heterocycles. The van der Waals surface area contributed by atoms with Crippen LogP contribution in [-0.2, 0) is 11.3 Å². The highest BCUT2D eigenvalue weighted by molar-refractivity contribution is 5.98. The molecule has 1 aliphatic rings. The van der Waals surface area contributed by atoms with Gasteiger partial charge in [0.2, 0.25) is 5.91 Å². The number of nitriles is 1. The minimum absolute atomic E-state index is 0.163. The van der Waals surface area contributed by atoms with E-state index in [4.69, 9.17) is 5.26 Å². The van der Waals surface area contributed by atoms with Crippen LogP contribution in [0.4, 0.5) is 4.39 Å². The van der Waals surface area contributed by atoms with E-state index in [1.807, 2.05) is 6.07 Å². The number of rotatable bonds is 4. The minimum Gasteiger partial charge on any atom is -0.352 e. The lowest BCUT2D eigenvalue weighted by Crippen LogP contribution is -2.41. The molecule has 0 radical (unpaired) electrons. The van der Waals surface area contributed by atoms with Crippen molar-refractivity contribution in [2.24, 2.45) is 0 Å². The average molecular weight is 326 g/mol. The predicted octanol–water partition coefficient (Wildman–Crippen LogP) is 1.56. The summed E-state index contributed by atoms with van der Waals surface area (Å²) in [4.78, 5) is 28.8. The number of likely N-dealkylation sites (tertiary alicyclic amines) is 1. The molecule has 6 nitrogen and oxygen atoms in total. The molecule has 2 heterocycles. The van der Waals surface area contributed by atoms with Crippen molar-refractivity contribution in [3.63, 3.8) is 0 Å². The average Bonchev–Trinajstić information content (AvgIpc) is 3.19. The van der Waals surface area contributed by atoms with Crippen LogP contribution in [0.2, 0.25) is 0 Å². The maximum atomic E-state index is 12.9. The zero-order valence-corrected chi connectivity index (χ0v) is 12.8. The van der Waals surface area contributed by atoms with Crippen LogP contribution in [0.15, 0.2) is 36.5 Å². The zero-order valence-electron chi connectivity index (χ0n) is 12.8. The van der Waals surface area contributed by atoms with Crippen molar-refractivity contribution in [1.82, 2.24) is 15.2 Å². The molecule has 24 heavy (non-hydrogen) atoms. The van der Waals surface area contributed by atoms with E-state index in [9.17, 15) is 14.0 Å². The zero-order chi connectivity index (χ0) is 17.1. The van der Waals surface area contributed by atoms with Gasteiger partial charge in [-0.3, -0.25) is 9.59 Å². The van der Waals surface area contributed by atoms with Crippen LogP contribution < -0.4 is 5.32 Å². The number of aromatic nitrogens is 1. The maximum Gasteiger partial charge on any atom is 0.253 e. The second-order valence-corrected chi connectivity index (χ2v) is 5.61. The topological polar surface area (TPSA) is 89.0 Å². The second kappa shape index (κ2) is 6.54. The lowest BCUT2D eigenvalue weighted by molar-refractivity contribution is -0.129. The normalized spacial score (nSPS) is 16.9. The standard InChI is InChI=1S/C17H15FN4O2/c18-13-3-1-11(2-4-13)10-22-6-5-15(17(22)24)21-16(23)12-7-14(8-19)20-9-12/h1-4,7,9,15,20H,5-6,10H2,(H,21,23). The number of nitrogens with one attached hydrogen (secondary N) is 2. The van der Waals surface area contributed by atoms with Gasteiger partial charge in [-0.2, -0.15) is 5.26 Å². The van der Waals surface area contributed by atoms with Crippen LogP contribution >= 0.6 is 0 Å². The summed E-state index contributed by atoms with van der Waals surface area (Å²) in [6.45, 7) is 0.909. The molecule has 1 aromatic carbocycles. The molecule has 7 heteroatoms. The molecule has 1 unspecified atom stereocenters. The Morgan fingerprint density at radius 3 is 2.83 bits per heavy atom. The molecular weight excluding hydrogens is 311 g/mol. The number of H-pyrrole nitrogens is 1. The smallest absolute Gasteiger partial charge is 0.253 e. The molecule has 0 spiro atoms. The number of aromatic amines is 1. The van der Waals surface area contributed by atoms with Gasteiger partial charge < -0.3 is 15.2 Å². The minimum atomic E-state index is -0.585. The van der Waals surface area contributed by atoms with Crippen LogP contribution in [0.5, 0.6) is 0 Å². The molecule has 0 bridgehead atoms. The van der Waals surface area contributed by atoms with Crippen LogP contribution in [0, 0.1) is 17.1 Å². The fourth-order valence-electron chi connectivity index (χ4n) is 2.67. The first-order chi connectivity index (χ1) is 11.6. The number of carbonyl (C=O) groups is 2. The number of hydrogen-bond acceptors (Lipinski definition) is 3. The van der Waals surface area contributed by atoms with Gasteiger partial charge >= 0.3 is 0 Å². The van der Waals surface area contributed by atoms with Gasteiger partial charge in [0, 0.05) is 19.3 Å². The third kappa shape index (κ3) is 3.27. The highest BCUT2D eigenvalue weighted by atomic mass is 19.1. The molecule has 2 aromatic rings. The molecule has 122 valence electrons. The van der Waals surface area contributed by atoms with Crippen molar-refractivity contribution in [3.05, 3.63) is 59.2 Å². The van der Waals surface area contributed by atoms with E-state index in [-0.39, 0.29) is 17.4 Å². The van der Waals surface area contributed by atoms with Crippen molar-refractivity contribution in [1.29, 1.82) is 5.26 Å². The Labute approximate surface area is 137 Å². The summed E-state index contributed by atoms with van der Waals surface area (Å²) >= 11 is 0. The lowest BCUT2D eigenvalue weighted by Gasteiger charge is -2.17. The van der Waals surface area contributed by atoms with Gasteiger partial charge in [-0.1, -0.05) is 12.1 Å². The van der Waals surface area contributed by atoms with Gasteiger partial charge in [0.25, 0.3) is 5.91 Å². The van der Waals surface area contributed by atoms with Gasteiger partial charge in [-0.15, -0.1) is 0 Å². The molecule has 0 aliphatic carbocycles. The Hall–Kier alpha value is -3.14. The molecule has 1 atom stereocenters. The van der Waals surface area contributed by atoms with Gasteiger partial charge in [0.1, 0.15) is 23.6 Å². The SMILES string of the molecule is N#Cc1cc(C(=O)NC2CCN(Cc3ccc(F)cc3)C2=O)c[nH]1. The third-order valence-corrected chi connectivity index (χ3v) is 3.96. The molecule has 1 fully saturated rings. The van der Waals surface area contributed by atoms with Gasteiger partial charge in [0.15, 0.2) is 0 Å². The van der Waals surface area contributed by atoms with E-state index < -0.39 is 11.9 Å². The van der Waals surface area contributed by atoms with Crippen LogP contribution in [0.25, 0.3) is 0 Å². The van der Waals surface area contributed by atoms with Crippen molar-refractivity contribution >= 4 is 11.8 Å². The van der Waals surface area contributed by atoms with Crippen molar-refractivity contribution in [3.8, 4) is 6.07 Å². The number of benzene rings is 1. The van der Waals surface area contributed by atoms with Gasteiger partial charge in [0.05, 0.1) is 5.56 Å². The second-order valence-electron chi connectivity index (χ2n) is 5.61. The summed E-state index contributed by atoms with van der Waals surface area (Å²) in [5.74, 6) is -0.877. The number of hydrogen-bond donors (Lipinski definition) is 2. The monoisotopic (exact) mass is 326 g/mol. The molecule has 2 amide bonds. The Kier molecular flexibility index (Phi) is 4.29. The fraction of sp³-hybridized carbons (Fsp3) is 0.235. The fourth-order valence-corrected chi connectivity index (χ4v) is 2.67. The van der Waals surface area contributed by atoms with E-state index in [2.05, 4.69) is 10.3 Å². The highest BCUT2D eigenvalue weighted by Gasteiger charge is 2.32. The summed E-state index contributed by atoms with van der Waals surface area (Å²) in [5, 5.41) is 11.4. The Morgan fingerprint density at radius 1 is 1.42 bits per heavy atom. The van der Waals surface area contributed by atoms with E-state index in [1.54, 1.807) is 17.0 Å². The number of nitrogens with zero attached hydrogens (tertiary/aromatic N) is 2. The van der Waals surface area contributed by atoms with E-state index >= 15 is 0 Å². The summed E-state index contributed by atoms with van der Waals surface area (Å²) in [7, 11) is 0. The lowest BCUT2D eigenvalue weighted by atomic mass is 10.2. The summed E-state index contributed by atoms with van der Waals surface area (Å²) < 4.78 is 12.9. The van der Waals surface area contributed by atoms with E-state index in [0.29, 0.717) is 25.1 Å². The van der Waals surface area contributed by atoms with Crippen LogP contribution in [0.3, 0.4) is 0 Å². The van der Waals surface area contributed by atoms with Gasteiger partial charge in [-0.25, -0.2) is 4.39 Å². The highest BCUT2D eigenvalue weighted by Crippen LogP contribution is 2.16. The molecular formula is C17H15FN4O2. The summed E-state index contributed by atoms with van der Waals surface area (Å²) in [5.41, 5.74) is 1.44. The first-order valence-electron chi connectivity index (χ1n) is 7.49. The van der Waals surface area contributed by atoms with Crippen LogP contribution in [-0.4, -0.2) is 34.3 Å². The molecule has 0 saturated carbocycles. The quantitative estimate of drug-likeness (QED) is 0.893. The molecule has 1 saturated heterocycles. The molecule has 1 aromatic heterocycles. The summed E-state index contributed by atoms with van der Waals surface area (Å²) in [6.07, 6.45) is 1.95. The predicted molar refractivity (Wildman–Crippen MR) is 83.2 cm³/mol. The maximum absolute atomic E-state index is 12.9. The van der Waals surface area contributed by atoms with E-state index in [1.165, 1.54) is 24.4 Å². The third-order valence-electron chi connectivity index (χ3n) is 3.96. The Bertz CT molecular complexity index is 807. The van der Waals surface area contributed by atoms with Gasteiger partial charge in [-0.05, 0) is 30.2 Å². The number of amides is 2. The number of carbonyl (C=O) groups excluding carboxylic acids is 2. The molecule has 3 rings (SSSR count). The number of halogens is 1. The van der Waals surface area contributed by atoms with E-state index in [0.717, 1.165) is 5.56 Å². The summed E-state index contributed by atoms with van der Waals surface area (Å²) in [6, 6.07) is 8.74. The Morgan fingerprint density at radius 2 is 2.17 bits per heavy atom.